The van der Waals surface area contributed by atoms with Crippen LogP contribution in [0.3, 0.4) is 0 Å². The summed E-state index contributed by atoms with van der Waals surface area (Å²) in [6.07, 6.45) is 0.752. The van der Waals surface area contributed by atoms with Gasteiger partial charge in [0.2, 0.25) is 11.8 Å². The first-order valence-corrected chi connectivity index (χ1v) is 9.78. The summed E-state index contributed by atoms with van der Waals surface area (Å²) in [6.45, 7) is 7.34. The van der Waals surface area contributed by atoms with Gasteiger partial charge in [0.05, 0.1) is 13.1 Å². The summed E-state index contributed by atoms with van der Waals surface area (Å²) in [6, 6.07) is 15.5. The number of hydrogen-bond acceptors (Lipinski definition) is 3. The van der Waals surface area contributed by atoms with E-state index in [0.717, 1.165) is 17.7 Å². The number of carbonyl (C=O) groups excluding carboxylic acids is 2. The molecular weight excluding hydrogens is 352 g/mol. The summed E-state index contributed by atoms with van der Waals surface area (Å²) < 4.78 is 5.87. The number of carbonyl (C=O) groups is 2. The van der Waals surface area contributed by atoms with E-state index < -0.39 is 6.04 Å². The molecule has 0 spiro atoms. The third-order valence-corrected chi connectivity index (χ3v) is 5.44. The van der Waals surface area contributed by atoms with Crippen molar-refractivity contribution in [3.8, 4) is 5.75 Å². The van der Waals surface area contributed by atoms with Crippen molar-refractivity contribution in [2.24, 2.45) is 0 Å². The van der Waals surface area contributed by atoms with E-state index in [1.807, 2.05) is 62.4 Å². The number of aryl methyl sites for hydroxylation is 1. The highest BCUT2D eigenvalue weighted by molar-refractivity contribution is 5.94. The van der Waals surface area contributed by atoms with Gasteiger partial charge in [-0.1, -0.05) is 42.5 Å². The minimum Gasteiger partial charge on any atom is -0.491 e. The zero-order chi connectivity index (χ0) is 20.1. The molecule has 1 aliphatic heterocycles. The number of rotatable bonds is 7. The van der Waals surface area contributed by atoms with Crippen molar-refractivity contribution in [1.82, 2.24) is 9.80 Å². The van der Waals surface area contributed by atoms with E-state index in [1.165, 1.54) is 11.1 Å². The fourth-order valence-corrected chi connectivity index (χ4v) is 3.50. The smallest absolute Gasteiger partial charge is 0.245 e. The van der Waals surface area contributed by atoms with Gasteiger partial charge in [0, 0.05) is 6.54 Å². The van der Waals surface area contributed by atoms with E-state index in [9.17, 15) is 9.59 Å². The van der Waals surface area contributed by atoms with Crippen LogP contribution in [0.2, 0.25) is 0 Å². The van der Waals surface area contributed by atoms with Crippen molar-refractivity contribution >= 4 is 11.8 Å². The van der Waals surface area contributed by atoms with Crippen molar-refractivity contribution < 1.29 is 14.3 Å². The molecule has 0 bridgehead atoms. The van der Waals surface area contributed by atoms with Gasteiger partial charge in [0.15, 0.2) is 0 Å². The van der Waals surface area contributed by atoms with E-state index in [2.05, 4.69) is 0 Å². The van der Waals surface area contributed by atoms with Crippen molar-refractivity contribution in [3.05, 3.63) is 65.2 Å². The molecule has 2 aromatic rings. The Morgan fingerprint density at radius 3 is 2.50 bits per heavy atom. The number of ether oxygens (including phenoxy) is 1. The predicted octanol–water partition coefficient (Wildman–Crippen LogP) is 2.98. The van der Waals surface area contributed by atoms with Crippen molar-refractivity contribution in [2.75, 3.05) is 26.2 Å². The fraction of sp³-hybridized carbons (Fsp3) is 0.391. The van der Waals surface area contributed by atoms with Crippen LogP contribution in [0.25, 0.3) is 0 Å². The van der Waals surface area contributed by atoms with Gasteiger partial charge in [-0.2, -0.15) is 0 Å². The molecule has 148 valence electrons. The zero-order valence-corrected chi connectivity index (χ0v) is 16.9. The highest BCUT2D eigenvalue weighted by atomic mass is 16.5. The Morgan fingerprint density at radius 1 is 1.00 bits per heavy atom. The molecule has 1 heterocycles. The Labute approximate surface area is 166 Å². The van der Waals surface area contributed by atoms with Crippen molar-refractivity contribution in [3.63, 3.8) is 0 Å². The fourth-order valence-electron chi connectivity index (χ4n) is 3.50. The first-order valence-electron chi connectivity index (χ1n) is 9.78. The first kappa shape index (κ1) is 19.9. The van der Waals surface area contributed by atoms with Crippen LogP contribution in [0.5, 0.6) is 5.75 Å². The monoisotopic (exact) mass is 380 g/mol. The number of hydrogen-bond donors (Lipinski definition) is 0. The summed E-state index contributed by atoms with van der Waals surface area (Å²) in [5, 5.41) is 0. The van der Waals surface area contributed by atoms with E-state index in [1.54, 1.807) is 16.7 Å². The van der Waals surface area contributed by atoms with Crippen LogP contribution in [-0.2, 0) is 16.0 Å². The highest BCUT2D eigenvalue weighted by Crippen LogP contribution is 2.21. The molecule has 2 amide bonds. The summed E-state index contributed by atoms with van der Waals surface area (Å²) in [7, 11) is 0. The molecule has 28 heavy (non-hydrogen) atoms. The van der Waals surface area contributed by atoms with Gasteiger partial charge in [0.1, 0.15) is 18.4 Å². The maximum absolute atomic E-state index is 12.7. The van der Waals surface area contributed by atoms with Gasteiger partial charge in [0.25, 0.3) is 0 Å². The van der Waals surface area contributed by atoms with Gasteiger partial charge in [-0.3, -0.25) is 9.59 Å². The third-order valence-electron chi connectivity index (χ3n) is 5.44. The van der Waals surface area contributed by atoms with E-state index in [-0.39, 0.29) is 18.4 Å². The summed E-state index contributed by atoms with van der Waals surface area (Å²) in [5.74, 6) is 0.805. The molecule has 5 nitrogen and oxygen atoms in total. The van der Waals surface area contributed by atoms with E-state index in [0.29, 0.717) is 19.7 Å². The molecule has 0 unspecified atom stereocenters. The zero-order valence-electron chi connectivity index (χ0n) is 16.9. The van der Waals surface area contributed by atoms with Crippen LogP contribution in [-0.4, -0.2) is 53.9 Å². The first-order chi connectivity index (χ1) is 13.5. The minimum atomic E-state index is -0.459. The van der Waals surface area contributed by atoms with Gasteiger partial charge in [-0.25, -0.2) is 0 Å². The predicted molar refractivity (Wildman–Crippen MR) is 109 cm³/mol. The average Bonchev–Trinajstić information content (AvgIpc) is 2.70. The van der Waals surface area contributed by atoms with Crippen molar-refractivity contribution in [2.45, 2.75) is 33.2 Å². The van der Waals surface area contributed by atoms with Gasteiger partial charge >= 0.3 is 0 Å². The van der Waals surface area contributed by atoms with Crippen LogP contribution in [0.15, 0.2) is 48.5 Å². The molecule has 3 rings (SSSR count). The summed E-state index contributed by atoms with van der Waals surface area (Å²) in [4.78, 5) is 28.6. The highest BCUT2D eigenvalue weighted by Gasteiger charge is 2.35. The Balaban J connectivity index is 1.54. The van der Waals surface area contributed by atoms with Crippen molar-refractivity contribution in [1.29, 1.82) is 0 Å². The second-order valence-electron chi connectivity index (χ2n) is 7.31. The Kier molecular flexibility index (Phi) is 6.34. The van der Waals surface area contributed by atoms with E-state index >= 15 is 0 Å². The number of benzene rings is 2. The lowest BCUT2D eigenvalue weighted by Crippen LogP contribution is -2.59. The summed E-state index contributed by atoms with van der Waals surface area (Å²) in [5.41, 5.74) is 3.44. The van der Waals surface area contributed by atoms with Gasteiger partial charge in [-0.15, -0.1) is 0 Å². The molecule has 5 heteroatoms. The van der Waals surface area contributed by atoms with Gasteiger partial charge in [-0.05, 0) is 49.9 Å². The van der Waals surface area contributed by atoms with Crippen LogP contribution >= 0.6 is 0 Å². The lowest BCUT2D eigenvalue weighted by atomic mass is 10.1. The second kappa shape index (κ2) is 8.91. The third kappa shape index (κ3) is 4.53. The van der Waals surface area contributed by atoms with Crippen LogP contribution < -0.4 is 4.74 Å². The molecule has 0 N–H and O–H groups in total. The molecule has 0 aliphatic carbocycles. The number of piperazine rings is 1. The molecule has 1 aliphatic rings. The van der Waals surface area contributed by atoms with Crippen LogP contribution in [0.1, 0.15) is 23.6 Å². The maximum Gasteiger partial charge on any atom is 0.245 e. The Morgan fingerprint density at radius 2 is 1.75 bits per heavy atom. The lowest BCUT2D eigenvalue weighted by molar-refractivity contribution is -0.155. The lowest BCUT2D eigenvalue weighted by Gasteiger charge is -2.38. The molecule has 0 saturated carbocycles. The molecule has 1 fully saturated rings. The SMILES string of the molecule is Cc1cccc(OCCN2C(=O)CN(CCc3ccccc3)C(=O)[C@H]2C)c1C. The quantitative estimate of drug-likeness (QED) is 0.742. The van der Waals surface area contributed by atoms with E-state index in [4.69, 9.17) is 4.74 Å². The molecule has 2 aromatic carbocycles. The maximum atomic E-state index is 12.7. The Hall–Kier alpha value is -2.82. The average molecular weight is 380 g/mol. The van der Waals surface area contributed by atoms with Gasteiger partial charge < -0.3 is 14.5 Å². The molecular formula is C23H28N2O3. The standard InChI is InChI=1S/C23H28N2O3/c1-17-8-7-11-21(18(17)2)28-15-14-25-19(3)23(27)24(16-22(25)26)13-12-20-9-5-4-6-10-20/h4-11,19H,12-16H2,1-3H3/t19-/m1/s1. The molecule has 1 saturated heterocycles. The molecule has 0 aromatic heterocycles. The topological polar surface area (TPSA) is 49.9 Å². The summed E-state index contributed by atoms with van der Waals surface area (Å²) >= 11 is 0. The molecule has 1 atom stereocenters. The number of nitrogens with zero attached hydrogens (tertiary/aromatic N) is 2. The number of amides is 2. The van der Waals surface area contributed by atoms with Crippen LogP contribution in [0, 0.1) is 13.8 Å². The minimum absolute atomic E-state index is 0.00210. The second-order valence-corrected chi connectivity index (χ2v) is 7.31. The molecule has 0 radical (unpaired) electrons. The van der Waals surface area contributed by atoms with Crippen LogP contribution in [0.4, 0.5) is 0 Å². The Bertz CT molecular complexity index is 835. The normalized spacial score (nSPS) is 17.2. The largest absolute Gasteiger partial charge is 0.491 e.